The number of esters is 1. The van der Waals surface area contributed by atoms with Crippen molar-refractivity contribution in [3.63, 3.8) is 0 Å². The fraction of sp³-hybridized carbons (Fsp3) is 0.400. The van der Waals surface area contributed by atoms with Gasteiger partial charge in [-0.25, -0.2) is 4.68 Å². The Morgan fingerprint density at radius 2 is 2.14 bits per heavy atom. The summed E-state index contributed by atoms with van der Waals surface area (Å²) in [4.78, 5) is 23.7. The highest BCUT2D eigenvalue weighted by Crippen LogP contribution is 2.11. The molecule has 2 heterocycles. The van der Waals surface area contributed by atoms with Crippen LogP contribution in [0.25, 0.3) is 11.3 Å². The summed E-state index contributed by atoms with van der Waals surface area (Å²) in [6.07, 6.45) is 3.17. The first kappa shape index (κ1) is 15.8. The molecule has 0 N–H and O–H groups in total. The van der Waals surface area contributed by atoms with E-state index in [4.69, 9.17) is 4.74 Å². The molecule has 0 saturated heterocycles. The molecule has 7 heteroatoms. The molecule has 0 atom stereocenters. The van der Waals surface area contributed by atoms with E-state index in [0.717, 1.165) is 0 Å². The molecule has 0 spiro atoms. The maximum atomic E-state index is 12.0. The summed E-state index contributed by atoms with van der Waals surface area (Å²) in [5, 5.41) is 11.7. The van der Waals surface area contributed by atoms with E-state index in [2.05, 4.69) is 15.3 Å². The molecular weight excluding hydrogens is 284 g/mol. The minimum absolute atomic E-state index is 0.0919. The number of hydrogen-bond acceptors (Lipinski definition) is 6. The molecule has 0 fully saturated rings. The van der Waals surface area contributed by atoms with Gasteiger partial charge in [0.2, 0.25) is 0 Å². The third-order valence-electron chi connectivity index (χ3n) is 2.69. The first-order chi connectivity index (χ1) is 10.3. The summed E-state index contributed by atoms with van der Waals surface area (Å²) in [6.45, 7) is 5.57. The van der Waals surface area contributed by atoms with Crippen molar-refractivity contribution in [2.24, 2.45) is 0 Å². The van der Waals surface area contributed by atoms with Gasteiger partial charge >= 0.3 is 5.97 Å². The Hall–Kier alpha value is -2.57. The molecule has 7 nitrogen and oxygen atoms in total. The topological polar surface area (TPSA) is 87.0 Å². The van der Waals surface area contributed by atoms with Gasteiger partial charge in [0, 0.05) is 17.8 Å². The Labute approximate surface area is 128 Å². The molecule has 2 aromatic heterocycles. The Bertz CT molecular complexity index is 705. The minimum Gasteiger partial charge on any atom is -0.460 e. The molecule has 0 unspecified atom stereocenters. The Balaban J connectivity index is 2.05. The van der Waals surface area contributed by atoms with Crippen LogP contribution in [0.5, 0.6) is 0 Å². The molecule has 2 rings (SSSR count). The molecule has 0 saturated carbocycles. The van der Waals surface area contributed by atoms with Crippen molar-refractivity contribution < 1.29 is 9.53 Å². The summed E-state index contributed by atoms with van der Waals surface area (Å²) in [5.41, 5.74) is 0.329. The number of aryl methyl sites for hydroxylation is 1. The van der Waals surface area contributed by atoms with Crippen LogP contribution in [0.4, 0.5) is 0 Å². The molecule has 0 bridgehead atoms. The maximum Gasteiger partial charge on any atom is 0.308 e. The zero-order valence-electron chi connectivity index (χ0n) is 12.8. The van der Waals surface area contributed by atoms with Crippen LogP contribution in [0.15, 0.2) is 35.4 Å². The lowest BCUT2D eigenvalue weighted by Crippen LogP contribution is -2.27. The molecular formula is C15H18N4O3. The predicted octanol–water partition coefficient (Wildman–Crippen LogP) is 1.43. The number of nitrogens with zero attached hydrogens (tertiary/aromatic N) is 4. The van der Waals surface area contributed by atoms with E-state index in [1.54, 1.807) is 39.1 Å². The van der Waals surface area contributed by atoms with E-state index in [1.165, 1.54) is 16.9 Å². The van der Waals surface area contributed by atoms with E-state index in [-0.39, 0.29) is 24.5 Å². The van der Waals surface area contributed by atoms with Gasteiger partial charge in [-0.1, -0.05) is 0 Å². The summed E-state index contributed by atoms with van der Waals surface area (Å²) in [6, 6.07) is 4.90. The van der Waals surface area contributed by atoms with E-state index in [0.29, 0.717) is 11.3 Å². The van der Waals surface area contributed by atoms with Gasteiger partial charge in [-0.05, 0) is 32.9 Å². The number of carbonyl (C=O) groups excluding carboxylic acids is 1. The predicted molar refractivity (Wildman–Crippen MR) is 80.0 cm³/mol. The van der Waals surface area contributed by atoms with Gasteiger partial charge in [0.15, 0.2) is 0 Å². The quantitative estimate of drug-likeness (QED) is 0.794. The molecule has 0 aliphatic carbocycles. The number of ether oxygens (including phenoxy) is 1. The maximum absolute atomic E-state index is 12.0. The van der Waals surface area contributed by atoms with Crippen molar-refractivity contribution in [2.75, 3.05) is 0 Å². The first-order valence-corrected chi connectivity index (χ1v) is 6.92. The fourth-order valence-corrected chi connectivity index (χ4v) is 1.79. The van der Waals surface area contributed by atoms with Crippen molar-refractivity contribution >= 4 is 5.97 Å². The molecule has 0 amide bonds. The second kappa shape index (κ2) is 6.46. The van der Waals surface area contributed by atoms with Crippen molar-refractivity contribution in [3.05, 3.63) is 40.9 Å². The summed E-state index contributed by atoms with van der Waals surface area (Å²) < 4.78 is 6.42. The Kier molecular flexibility index (Phi) is 4.65. The highest BCUT2D eigenvalue weighted by molar-refractivity contribution is 5.69. The third kappa shape index (κ3) is 4.47. The van der Waals surface area contributed by atoms with Crippen LogP contribution < -0.4 is 5.56 Å². The Morgan fingerprint density at radius 3 is 2.73 bits per heavy atom. The molecule has 116 valence electrons. The standard InChI is InChI=1S/C15H18N4O3/c1-15(2,3)22-14(21)6-8-19-13(20)9-11(10-17-19)12-5-4-7-16-18-12/h4-5,7,9-10H,6,8H2,1-3H3. The SMILES string of the molecule is CC(C)(C)OC(=O)CCn1ncc(-c2cccnn2)cc1=O. The van der Waals surface area contributed by atoms with Crippen LogP contribution in [0, 0.1) is 0 Å². The van der Waals surface area contributed by atoms with Crippen LogP contribution in [-0.4, -0.2) is 31.5 Å². The largest absolute Gasteiger partial charge is 0.460 e. The van der Waals surface area contributed by atoms with Crippen LogP contribution in [0.2, 0.25) is 0 Å². The molecule has 2 aromatic rings. The highest BCUT2D eigenvalue weighted by Gasteiger charge is 2.16. The van der Waals surface area contributed by atoms with Gasteiger partial charge < -0.3 is 4.74 Å². The third-order valence-corrected chi connectivity index (χ3v) is 2.69. The number of hydrogen-bond donors (Lipinski definition) is 0. The smallest absolute Gasteiger partial charge is 0.308 e. The number of aromatic nitrogens is 4. The number of rotatable bonds is 4. The van der Waals surface area contributed by atoms with Crippen LogP contribution in [-0.2, 0) is 16.1 Å². The lowest BCUT2D eigenvalue weighted by atomic mass is 10.2. The van der Waals surface area contributed by atoms with Crippen molar-refractivity contribution in [3.8, 4) is 11.3 Å². The molecule has 22 heavy (non-hydrogen) atoms. The van der Waals surface area contributed by atoms with Crippen molar-refractivity contribution in [1.29, 1.82) is 0 Å². The van der Waals surface area contributed by atoms with Crippen molar-refractivity contribution in [2.45, 2.75) is 39.3 Å². The fourth-order valence-electron chi connectivity index (χ4n) is 1.79. The average molecular weight is 302 g/mol. The van der Waals surface area contributed by atoms with Gasteiger partial charge in [-0.2, -0.15) is 15.3 Å². The number of carbonyl (C=O) groups is 1. The highest BCUT2D eigenvalue weighted by atomic mass is 16.6. The van der Waals surface area contributed by atoms with E-state index >= 15 is 0 Å². The van der Waals surface area contributed by atoms with E-state index < -0.39 is 5.60 Å². The molecule has 0 radical (unpaired) electrons. The Morgan fingerprint density at radius 1 is 1.36 bits per heavy atom. The zero-order chi connectivity index (χ0) is 16.2. The summed E-state index contributed by atoms with van der Waals surface area (Å²) >= 11 is 0. The monoisotopic (exact) mass is 302 g/mol. The van der Waals surface area contributed by atoms with Crippen LogP contribution in [0.1, 0.15) is 27.2 Å². The molecule has 0 aliphatic rings. The summed E-state index contributed by atoms with van der Waals surface area (Å²) in [7, 11) is 0. The second-order valence-electron chi connectivity index (χ2n) is 5.75. The second-order valence-corrected chi connectivity index (χ2v) is 5.75. The first-order valence-electron chi connectivity index (χ1n) is 6.92. The van der Waals surface area contributed by atoms with Crippen LogP contribution >= 0.6 is 0 Å². The van der Waals surface area contributed by atoms with Gasteiger partial charge in [-0.3, -0.25) is 9.59 Å². The normalized spacial score (nSPS) is 11.2. The van der Waals surface area contributed by atoms with E-state index in [9.17, 15) is 9.59 Å². The van der Waals surface area contributed by atoms with Gasteiger partial charge in [-0.15, -0.1) is 0 Å². The van der Waals surface area contributed by atoms with Gasteiger partial charge in [0.1, 0.15) is 5.60 Å². The van der Waals surface area contributed by atoms with Crippen LogP contribution in [0.3, 0.4) is 0 Å². The lowest BCUT2D eigenvalue weighted by Gasteiger charge is -2.19. The zero-order valence-corrected chi connectivity index (χ0v) is 12.8. The van der Waals surface area contributed by atoms with E-state index in [1.807, 2.05) is 0 Å². The van der Waals surface area contributed by atoms with Crippen molar-refractivity contribution in [1.82, 2.24) is 20.0 Å². The lowest BCUT2D eigenvalue weighted by molar-refractivity contribution is -0.155. The van der Waals surface area contributed by atoms with Gasteiger partial charge in [0.25, 0.3) is 5.56 Å². The van der Waals surface area contributed by atoms with Gasteiger partial charge in [0.05, 0.1) is 24.9 Å². The molecule has 0 aromatic carbocycles. The summed E-state index contributed by atoms with van der Waals surface area (Å²) in [5.74, 6) is -0.362. The minimum atomic E-state index is -0.536. The average Bonchev–Trinajstić information content (AvgIpc) is 2.45. The molecule has 0 aliphatic heterocycles.